The monoisotopic (exact) mass is 280 g/mol. The highest BCUT2D eigenvalue weighted by molar-refractivity contribution is 6.43. The molecule has 0 unspecified atom stereocenters. The Morgan fingerprint density at radius 3 is 2.67 bits per heavy atom. The van der Waals surface area contributed by atoms with Crippen LogP contribution in [0.4, 0.5) is 5.69 Å². The van der Waals surface area contributed by atoms with Crippen LogP contribution in [0.2, 0.25) is 10.0 Å². The topological polar surface area (TPSA) is 17.3 Å². The van der Waals surface area contributed by atoms with Gasteiger partial charge in [0.15, 0.2) is 0 Å². The SMILES string of the molecule is CC(C)n1ccc(C=Nc2cccc(Cl)c2Cl)c1. The van der Waals surface area contributed by atoms with Crippen LogP contribution in [0, 0.1) is 0 Å². The molecule has 0 fully saturated rings. The van der Waals surface area contributed by atoms with Crippen molar-refractivity contribution < 1.29 is 0 Å². The molecule has 0 N–H and O–H groups in total. The van der Waals surface area contributed by atoms with Crippen LogP contribution in [0.1, 0.15) is 25.5 Å². The predicted octanol–water partition coefficient (Wildman–Crippen LogP) is 5.13. The second kappa shape index (κ2) is 5.59. The van der Waals surface area contributed by atoms with Gasteiger partial charge in [0.2, 0.25) is 0 Å². The average Bonchev–Trinajstić information content (AvgIpc) is 2.80. The Bertz CT molecular complexity index is 571. The van der Waals surface area contributed by atoms with Crippen molar-refractivity contribution in [2.75, 3.05) is 0 Å². The molecule has 0 radical (unpaired) electrons. The van der Waals surface area contributed by atoms with Gasteiger partial charge in [-0.05, 0) is 32.0 Å². The quantitative estimate of drug-likeness (QED) is 0.694. The molecule has 0 aliphatic heterocycles. The molecule has 0 saturated heterocycles. The van der Waals surface area contributed by atoms with Crippen LogP contribution in [0.5, 0.6) is 0 Å². The van der Waals surface area contributed by atoms with Gasteiger partial charge in [-0.3, -0.25) is 4.99 Å². The summed E-state index contributed by atoms with van der Waals surface area (Å²) in [6.07, 6.45) is 5.87. The lowest BCUT2D eigenvalue weighted by Gasteiger charge is -2.04. The highest BCUT2D eigenvalue weighted by atomic mass is 35.5. The van der Waals surface area contributed by atoms with E-state index in [4.69, 9.17) is 23.2 Å². The van der Waals surface area contributed by atoms with Gasteiger partial charge < -0.3 is 4.57 Å². The fraction of sp³-hybridized carbons (Fsp3) is 0.214. The van der Waals surface area contributed by atoms with E-state index in [1.165, 1.54) is 0 Å². The number of halogens is 2. The van der Waals surface area contributed by atoms with E-state index < -0.39 is 0 Å². The van der Waals surface area contributed by atoms with E-state index in [0.29, 0.717) is 21.8 Å². The zero-order valence-electron chi connectivity index (χ0n) is 10.3. The Kier molecular flexibility index (Phi) is 4.10. The third-order valence-corrected chi connectivity index (χ3v) is 3.43. The first-order chi connectivity index (χ1) is 8.58. The van der Waals surface area contributed by atoms with Gasteiger partial charge >= 0.3 is 0 Å². The molecule has 1 aromatic carbocycles. The number of rotatable bonds is 3. The number of benzene rings is 1. The fourth-order valence-corrected chi connectivity index (χ4v) is 1.91. The van der Waals surface area contributed by atoms with Crippen LogP contribution < -0.4 is 0 Å². The van der Waals surface area contributed by atoms with Crippen molar-refractivity contribution in [2.45, 2.75) is 19.9 Å². The van der Waals surface area contributed by atoms with E-state index in [9.17, 15) is 0 Å². The van der Waals surface area contributed by atoms with E-state index in [2.05, 4.69) is 23.4 Å². The van der Waals surface area contributed by atoms with E-state index in [-0.39, 0.29) is 0 Å². The van der Waals surface area contributed by atoms with Gasteiger partial charge in [-0.1, -0.05) is 29.3 Å². The summed E-state index contributed by atoms with van der Waals surface area (Å²) in [5, 5.41) is 1.00. The normalized spacial score (nSPS) is 11.6. The Labute approximate surface area is 117 Å². The molecular weight excluding hydrogens is 267 g/mol. The molecule has 2 nitrogen and oxygen atoms in total. The molecule has 2 rings (SSSR count). The summed E-state index contributed by atoms with van der Waals surface area (Å²) < 4.78 is 2.13. The highest BCUT2D eigenvalue weighted by Crippen LogP contribution is 2.31. The second-order valence-electron chi connectivity index (χ2n) is 4.32. The van der Waals surface area contributed by atoms with Crippen molar-refractivity contribution in [3.05, 3.63) is 52.3 Å². The van der Waals surface area contributed by atoms with Crippen LogP contribution in [0.3, 0.4) is 0 Å². The summed E-state index contributed by atoms with van der Waals surface area (Å²) in [5.41, 5.74) is 1.72. The van der Waals surface area contributed by atoms with Crippen molar-refractivity contribution in [1.29, 1.82) is 0 Å². The fourth-order valence-electron chi connectivity index (χ4n) is 1.56. The van der Waals surface area contributed by atoms with Crippen molar-refractivity contribution in [1.82, 2.24) is 4.57 Å². The lowest BCUT2D eigenvalue weighted by Crippen LogP contribution is -1.95. The average molecular weight is 281 g/mol. The first-order valence-corrected chi connectivity index (χ1v) is 6.49. The zero-order chi connectivity index (χ0) is 13.1. The van der Waals surface area contributed by atoms with Crippen molar-refractivity contribution >= 4 is 35.1 Å². The summed E-state index contributed by atoms with van der Waals surface area (Å²) in [6.45, 7) is 4.27. The van der Waals surface area contributed by atoms with E-state index >= 15 is 0 Å². The molecular formula is C14H14Cl2N2. The molecule has 0 saturated carbocycles. The number of hydrogen-bond acceptors (Lipinski definition) is 1. The molecule has 1 heterocycles. The predicted molar refractivity (Wildman–Crippen MR) is 78.5 cm³/mol. The molecule has 0 amide bonds. The summed E-state index contributed by atoms with van der Waals surface area (Å²) >= 11 is 12.0. The first kappa shape index (κ1) is 13.2. The minimum Gasteiger partial charge on any atom is -0.351 e. The number of aromatic nitrogens is 1. The van der Waals surface area contributed by atoms with Gasteiger partial charge in [0.1, 0.15) is 0 Å². The Hall–Kier alpha value is -1.25. The Morgan fingerprint density at radius 1 is 1.22 bits per heavy atom. The number of nitrogens with zero attached hydrogens (tertiary/aromatic N) is 2. The number of hydrogen-bond donors (Lipinski definition) is 0. The summed E-state index contributed by atoms with van der Waals surface area (Å²) in [7, 11) is 0. The van der Waals surface area contributed by atoms with Gasteiger partial charge in [0, 0.05) is 30.2 Å². The van der Waals surface area contributed by atoms with E-state index in [1.54, 1.807) is 12.3 Å². The molecule has 2 aromatic rings. The Morgan fingerprint density at radius 2 is 2.00 bits per heavy atom. The summed E-state index contributed by atoms with van der Waals surface area (Å²) in [6, 6.07) is 7.88. The van der Waals surface area contributed by atoms with Crippen molar-refractivity contribution in [2.24, 2.45) is 4.99 Å². The number of aliphatic imine (C=N–C) groups is 1. The molecule has 0 spiro atoms. The molecule has 0 aliphatic carbocycles. The third-order valence-electron chi connectivity index (χ3n) is 2.62. The molecule has 0 aliphatic rings. The van der Waals surface area contributed by atoms with Crippen LogP contribution >= 0.6 is 23.2 Å². The Balaban J connectivity index is 2.22. The van der Waals surface area contributed by atoms with E-state index in [0.717, 1.165) is 5.56 Å². The van der Waals surface area contributed by atoms with Crippen LogP contribution in [-0.4, -0.2) is 10.8 Å². The summed E-state index contributed by atoms with van der Waals surface area (Å²) in [5.74, 6) is 0. The smallest absolute Gasteiger partial charge is 0.0848 e. The van der Waals surface area contributed by atoms with Gasteiger partial charge in [0.05, 0.1) is 15.7 Å². The van der Waals surface area contributed by atoms with Crippen molar-refractivity contribution in [3.63, 3.8) is 0 Å². The van der Waals surface area contributed by atoms with Gasteiger partial charge in [-0.15, -0.1) is 0 Å². The van der Waals surface area contributed by atoms with Crippen molar-refractivity contribution in [3.8, 4) is 0 Å². The first-order valence-electron chi connectivity index (χ1n) is 5.73. The maximum atomic E-state index is 6.06. The van der Waals surface area contributed by atoms with Gasteiger partial charge in [0.25, 0.3) is 0 Å². The third kappa shape index (κ3) is 2.95. The molecule has 18 heavy (non-hydrogen) atoms. The molecule has 94 valence electrons. The maximum absolute atomic E-state index is 6.06. The van der Waals surface area contributed by atoms with Gasteiger partial charge in [-0.2, -0.15) is 0 Å². The van der Waals surface area contributed by atoms with Gasteiger partial charge in [-0.25, -0.2) is 0 Å². The highest BCUT2D eigenvalue weighted by Gasteiger charge is 2.02. The molecule has 0 atom stereocenters. The largest absolute Gasteiger partial charge is 0.351 e. The van der Waals surface area contributed by atoms with Crippen LogP contribution in [0.15, 0.2) is 41.7 Å². The lowest BCUT2D eigenvalue weighted by molar-refractivity contribution is 0.603. The summed E-state index contributed by atoms with van der Waals surface area (Å²) in [4.78, 5) is 4.35. The molecule has 1 aromatic heterocycles. The molecule has 0 bridgehead atoms. The second-order valence-corrected chi connectivity index (χ2v) is 5.10. The lowest BCUT2D eigenvalue weighted by atomic mass is 10.3. The zero-order valence-corrected chi connectivity index (χ0v) is 11.8. The molecule has 4 heteroatoms. The standard InChI is InChI=1S/C14H14Cl2N2/c1-10(2)18-7-6-11(9-18)8-17-13-5-3-4-12(15)14(13)16/h3-10H,1-2H3. The minimum atomic E-state index is 0.446. The minimum absolute atomic E-state index is 0.446. The maximum Gasteiger partial charge on any atom is 0.0848 e. The van der Waals surface area contributed by atoms with Crippen LogP contribution in [-0.2, 0) is 0 Å². The van der Waals surface area contributed by atoms with Crippen LogP contribution in [0.25, 0.3) is 0 Å². The van der Waals surface area contributed by atoms with E-state index in [1.807, 2.05) is 30.6 Å².